The summed E-state index contributed by atoms with van der Waals surface area (Å²) in [7, 11) is 0. The highest BCUT2D eigenvalue weighted by atomic mass is 32.1. The number of fused-ring (bicyclic) bond motifs is 1. The molecule has 3 aromatic rings. The molecular formula is C14H11NOS. The van der Waals surface area contributed by atoms with E-state index in [1.807, 2.05) is 29.6 Å². The first kappa shape index (κ1) is 10.4. The molecule has 0 aliphatic carbocycles. The van der Waals surface area contributed by atoms with Gasteiger partial charge in [0.2, 0.25) is 0 Å². The molecule has 0 spiro atoms. The molecule has 84 valence electrons. The summed E-state index contributed by atoms with van der Waals surface area (Å²) in [6.07, 6.45) is 2.82. The molecule has 1 aromatic carbocycles. The fourth-order valence-electron chi connectivity index (χ4n) is 1.96. The van der Waals surface area contributed by atoms with Gasteiger partial charge in [0.15, 0.2) is 0 Å². The molecule has 1 N–H and O–H groups in total. The highest BCUT2D eigenvalue weighted by Crippen LogP contribution is 2.31. The summed E-state index contributed by atoms with van der Waals surface area (Å²) in [5, 5.41) is 13.6. The van der Waals surface area contributed by atoms with Gasteiger partial charge in [-0.15, -0.1) is 11.3 Å². The van der Waals surface area contributed by atoms with Crippen molar-refractivity contribution in [3.63, 3.8) is 0 Å². The van der Waals surface area contributed by atoms with Crippen LogP contribution in [0, 0.1) is 0 Å². The monoisotopic (exact) mass is 241 g/mol. The molecule has 0 saturated carbocycles. The van der Waals surface area contributed by atoms with Gasteiger partial charge in [0.25, 0.3) is 0 Å². The van der Waals surface area contributed by atoms with Gasteiger partial charge in [-0.25, -0.2) is 0 Å². The van der Waals surface area contributed by atoms with Crippen molar-refractivity contribution in [3.05, 3.63) is 65.3 Å². The third-order valence-corrected chi connectivity index (χ3v) is 3.81. The van der Waals surface area contributed by atoms with E-state index in [1.165, 1.54) is 5.39 Å². The first-order valence-electron chi connectivity index (χ1n) is 5.40. The number of nitrogens with zero attached hydrogens (tertiary/aromatic N) is 1. The number of thiophene rings is 1. The molecule has 0 aliphatic rings. The highest BCUT2D eigenvalue weighted by Gasteiger charge is 2.13. The number of hydrogen-bond acceptors (Lipinski definition) is 3. The van der Waals surface area contributed by atoms with E-state index in [-0.39, 0.29) is 0 Å². The van der Waals surface area contributed by atoms with Gasteiger partial charge in [-0.1, -0.05) is 18.2 Å². The van der Waals surface area contributed by atoms with Crippen molar-refractivity contribution in [1.29, 1.82) is 0 Å². The van der Waals surface area contributed by atoms with Gasteiger partial charge in [0.05, 0.1) is 0 Å². The van der Waals surface area contributed by atoms with E-state index in [0.29, 0.717) is 0 Å². The lowest BCUT2D eigenvalue weighted by molar-refractivity contribution is 0.222. The van der Waals surface area contributed by atoms with Crippen molar-refractivity contribution in [2.75, 3.05) is 0 Å². The summed E-state index contributed by atoms with van der Waals surface area (Å²) in [5.41, 5.74) is 1.84. The molecule has 1 unspecified atom stereocenters. The molecule has 0 radical (unpaired) electrons. The summed E-state index contributed by atoms with van der Waals surface area (Å²) < 4.78 is 1.15. The average molecular weight is 241 g/mol. The molecule has 2 heterocycles. The molecule has 2 nitrogen and oxygen atoms in total. The zero-order chi connectivity index (χ0) is 11.7. The summed E-state index contributed by atoms with van der Waals surface area (Å²) in [5.74, 6) is 0. The van der Waals surface area contributed by atoms with E-state index in [2.05, 4.69) is 17.1 Å². The predicted molar refractivity (Wildman–Crippen MR) is 70.1 cm³/mol. The second kappa shape index (κ2) is 4.28. The number of aliphatic hydroxyl groups excluding tert-OH is 1. The molecule has 3 heteroatoms. The first-order chi connectivity index (χ1) is 8.36. The molecule has 17 heavy (non-hydrogen) atoms. The first-order valence-corrected chi connectivity index (χ1v) is 6.28. The predicted octanol–water partition coefficient (Wildman–Crippen LogP) is 3.38. The minimum absolute atomic E-state index is 0.583. The van der Waals surface area contributed by atoms with Crippen LogP contribution in [-0.2, 0) is 0 Å². The van der Waals surface area contributed by atoms with Crippen LogP contribution in [-0.4, -0.2) is 10.1 Å². The molecule has 0 bridgehead atoms. The second-order valence-electron chi connectivity index (χ2n) is 3.87. The van der Waals surface area contributed by atoms with Gasteiger partial charge in [0.1, 0.15) is 6.10 Å². The molecule has 0 fully saturated rings. The Balaban J connectivity index is 2.13. The number of aliphatic hydroxyl groups is 1. The van der Waals surface area contributed by atoms with Gasteiger partial charge >= 0.3 is 0 Å². The molecular weight excluding hydrogens is 230 g/mol. The van der Waals surface area contributed by atoms with E-state index in [4.69, 9.17) is 0 Å². The van der Waals surface area contributed by atoms with Crippen LogP contribution in [0.4, 0.5) is 0 Å². The van der Waals surface area contributed by atoms with E-state index >= 15 is 0 Å². The maximum atomic E-state index is 10.4. The number of aromatic nitrogens is 1. The third-order valence-electron chi connectivity index (χ3n) is 2.83. The lowest BCUT2D eigenvalue weighted by Gasteiger charge is -2.12. The smallest absolute Gasteiger partial charge is 0.106 e. The molecule has 0 aliphatic heterocycles. The van der Waals surface area contributed by atoms with Gasteiger partial charge in [-0.2, -0.15) is 0 Å². The summed E-state index contributed by atoms with van der Waals surface area (Å²) in [6.45, 7) is 0. The van der Waals surface area contributed by atoms with Crippen LogP contribution >= 0.6 is 11.3 Å². The molecule has 1 atom stereocenters. The van der Waals surface area contributed by atoms with Crippen LogP contribution in [0.1, 0.15) is 17.2 Å². The van der Waals surface area contributed by atoms with Gasteiger partial charge < -0.3 is 5.11 Å². The molecule has 3 rings (SSSR count). The van der Waals surface area contributed by atoms with Gasteiger partial charge in [0, 0.05) is 22.7 Å². The summed E-state index contributed by atoms with van der Waals surface area (Å²) in [6, 6.07) is 11.8. The number of benzene rings is 1. The normalized spacial score (nSPS) is 12.8. The maximum absolute atomic E-state index is 10.4. The van der Waals surface area contributed by atoms with Crippen molar-refractivity contribution in [2.24, 2.45) is 0 Å². The van der Waals surface area contributed by atoms with Crippen molar-refractivity contribution in [3.8, 4) is 0 Å². The molecule has 0 amide bonds. The average Bonchev–Trinajstić information content (AvgIpc) is 2.87. The Labute approximate surface area is 103 Å². The maximum Gasteiger partial charge on any atom is 0.106 e. The minimum Gasteiger partial charge on any atom is -0.384 e. The van der Waals surface area contributed by atoms with Crippen molar-refractivity contribution >= 4 is 21.4 Å². The van der Waals surface area contributed by atoms with Crippen LogP contribution in [0.15, 0.2) is 54.2 Å². The van der Waals surface area contributed by atoms with Crippen LogP contribution in [0.2, 0.25) is 0 Å². The number of hydrogen-bond donors (Lipinski definition) is 1. The molecule has 2 aromatic heterocycles. The van der Waals surface area contributed by atoms with E-state index in [1.54, 1.807) is 23.7 Å². The Kier molecular flexibility index (Phi) is 2.63. The topological polar surface area (TPSA) is 33.1 Å². The van der Waals surface area contributed by atoms with E-state index < -0.39 is 6.10 Å². The quantitative estimate of drug-likeness (QED) is 0.746. The lowest BCUT2D eigenvalue weighted by atomic mass is 10.0. The minimum atomic E-state index is -0.583. The largest absolute Gasteiger partial charge is 0.384 e. The van der Waals surface area contributed by atoms with Gasteiger partial charge in [-0.05, 0) is 34.5 Å². The van der Waals surface area contributed by atoms with Crippen LogP contribution in [0.25, 0.3) is 10.1 Å². The SMILES string of the molecule is OC(c1ccncc1)c1cccc2ccsc12. The number of rotatable bonds is 2. The highest BCUT2D eigenvalue weighted by molar-refractivity contribution is 7.17. The van der Waals surface area contributed by atoms with Crippen LogP contribution in [0.3, 0.4) is 0 Å². The van der Waals surface area contributed by atoms with Crippen LogP contribution < -0.4 is 0 Å². The van der Waals surface area contributed by atoms with Gasteiger partial charge in [-0.3, -0.25) is 4.98 Å². The molecule has 0 saturated heterocycles. The lowest BCUT2D eigenvalue weighted by Crippen LogP contribution is -1.99. The number of pyridine rings is 1. The Morgan fingerprint density at radius 1 is 1.06 bits per heavy atom. The van der Waals surface area contributed by atoms with E-state index in [9.17, 15) is 5.11 Å². The Morgan fingerprint density at radius 3 is 2.71 bits per heavy atom. The Morgan fingerprint density at radius 2 is 1.88 bits per heavy atom. The van der Waals surface area contributed by atoms with Crippen molar-refractivity contribution in [2.45, 2.75) is 6.10 Å². The second-order valence-corrected chi connectivity index (χ2v) is 4.79. The summed E-state index contributed by atoms with van der Waals surface area (Å²) in [4.78, 5) is 3.97. The standard InChI is InChI=1S/C14H11NOS/c16-13(10-4-7-15-8-5-10)12-3-1-2-11-6-9-17-14(11)12/h1-9,13,16H. The van der Waals surface area contributed by atoms with Crippen LogP contribution in [0.5, 0.6) is 0 Å². The fraction of sp³-hybridized carbons (Fsp3) is 0.0714. The zero-order valence-corrected chi connectivity index (χ0v) is 9.89. The van der Waals surface area contributed by atoms with Crippen molar-refractivity contribution < 1.29 is 5.11 Å². The van der Waals surface area contributed by atoms with E-state index in [0.717, 1.165) is 15.8 Å². The third kappa shape index (κ3) is 1.84. The zero-order valence-electron chi connectivity index (χ0n) is 9.08. The Hall–Kier alpha value is -1.71. The van der Waals surface area contributed by atoms with Crippen molar-refractivity contribution in [1.82, 2.24) is 4.98 Å². The Bertz CT molecular complexity index is 633. The summed E-state index contributed by atoms with van der Waals surface area (Å²) >= 11 is 1.66. The fourth-order valence-corrected chi connectivity index (χ4v) is 2.90.